The molecule has 0 aromatic carbocycles. The van der Waals surface area contributed by atoms with Gasteiger partial charge in [0, 0.05) is 19.6 Å². The maximum atomic E-state index is 10.1. The van der Waals surface area contributed by atoms with Crippen molar-refractivity contribution in [2.75, 3.05) is 19.6 Å². The highest BCUT2D eigenvalue weighted by molar-refractivity contribution is 5.19. The second-order valence-corrected chi connectivity index (χ2v) is 5.63. The normalized spacial score (nSPS) is 29.4. The number of aromatic hydroxyl groups is 1. The molecule has 2 aliphatic rings. The van der Waals surface area contributed by atoms with Crippen LogP contribution in [-0.4, -0.2) is 39.7 Å². The van der Waals surface area contributed by atoms with Crippen LogP contribution in [0.1, 0.15) is 31.1 Å². The number of aliphatic hydroxyl groups is 1. The quantitative estimate of drug-likeness (QED) is 0.852. The average molecular weight is 248 g/mol. The lowest BCUT2D eigenvalue weighted by molar-refractivity contribution is 0.118. The van der Waals surface area contributed by atoms with Crippen molar-refractivity contribution in [2.24, 2.45) is 11.8 Å². The Labute approximate surface area is 107 Å². The molecule has 3 atom stereocenters. The summed E-state index contributed by atoms with van der Waals surface area (Å²) in [5, 5.41) is 19.3. The first-order chi connectivity index (χ1) is 8.72. The van der Waals surface area contributed by atoms with Gasteiger partial charge < -0.3 is 10.2 Å². The van der Waals surface area contributed by atoms with Crippen LogP contribution in [0.2, 0.25) is 0 Å². The van der Waals surface area contributed by atoms with Crippen molar-refractivity contribution in [1.82, 2.24) is 9.88 Å². The van der Waals surface area contributed by atoms with Gasteiger partial charge in [0.15, 0.2) is 0 Å². The Morgan fingerprint density at radius 2 is 2.00 bits per heavy atom. The maximum Gasteiger partial charge on any atom is 0.133 e. The summed E-state index contributed by atoms with van der Waals surface area (Å²) in [4.78, 5) is 6.42. The molecule has 1 unspecified atom stereocenters. The second kappa shape index (κ2) is 4.86. The summed E-state index contributed by atoms with van der Waals surface area (Å²) in [6, 6.07) is 3.27. The van der Waals surface area contributed by atoms with Crippen molar-refractivity contribution in [3.8, 4) is 5.75 Å². The van der Waals surface area contributed by atoms with Crippen LogP contribution in [0.4, 0.5) is 0 Å². The lowest BCUT2D eigenvalue weighted by Crippen LogP contribution is -2.27. The molecule has 0 bridgehead atoms. The molecule has 4 heteroatoms. The number of hydrogen-bond donors (Lipinski definition) is 2. The van der Waals surface area contributed by atoms with E-state index in [4.69, 9.17) is 0 Å². The lowest BCUT2D eigenvalue weighted by Gasteiger charge is -2.20. The SMILES string of the molecule is Oc1ccc(C(O)CN2C[C@H]3CCC[C@H]3C2)nc1. The van der Waals surface area contributed by atoms with Gasteiger partial charge in [0.25, 0.3) is 0 Å². The summed E-state index contributed by atoms with van der Waals surface area (Å²) in [6.45, 7) is 2.91. The van der Waals surface area contributed by atoms with E-state index in [1.807, 2.05) is 0 Å². The zero-order chi connectivity index (χ0) is 12.5. The van der Waals surface area contributed by atoms with Gasteiger partial charge in [-0.2, -0.15) is 0 Å². The first-order valence-electron chi connectivity index (χ1n) is 6.77. The monoisotopic (exact) mass is 248 g/mol. The number of nitrogens with zero attached hydrogens (tertiary/aromatic N) is 2. The van der Waals surface area contributed by atoms with Gasteiger partial charge in [0.2, 0.25) is 0 Å². The van der Waals surface area contributed by atoms with E-state index in [-0.39, 0.29) is 5.75 Å². The maximum absolute atomic E-state index is 10.1. The zero-order valence-corrected chi connectivity index (χ0v) is 10.5. The van der Waals surface area contributed by atoms with Crippen LogP contribution in [0.25, 0.3) is 0 Å². The average Bonchev–Trinajstić information content (AvgIpc) is 2.90. The number of β-amino-alcohol motifs (C(OH)–C–C–N with tert-alkyl or cyclic N) is 1. The van der Waals surface area contributed by atoms with Gasteiger partial charge in [-0.1, -0.05) is 6.42 Å². The minimum Gasteiger partial charge on any atom is -0.506 e. The van der Waals surface area contributed by atoms with Crippen LogP contribution >= 0.6 is 0 Å². The summed E-state index contributed by atoms with van der Waals surface area (Å²) in [7, 11) is 0. The first-order valence-corrected chi connectivity index (χ1v) is 6.77. The Morgan fingerprint density at radius 1 is 1.28 bits per heavy atom. The van der Waals surface area contributed by atoms with Crippen LogP contribution in [0.5, 0.6) is 5.75 Å². The largest absolute Gasteiger partial charge is 0.506 e. The Bertz CT molecular complexity index is 395. The third-order valence-electron chi connectivity index (χ3n) is 4.35. The van der Waals surface area contributed by atoms with E-state index in [1.54, 1.807) is 12.1 Å². The molecule has 0 spiro atoms. The standard InChI is InChI=1S/C14H20N2O2/c17-12-4-5-13(15-6-12)14(18)9-16-7-10-2-1-3-11(10)8-16/h4-6,10-11,14,17-18H,1-3,7-9H2/t10-,11+,14?. The predicted octanol–water partition coefficient (Wildman–Crippen LogP) is 1.55. The van der Waals surface area contributed by atoms with Crippen LogP contribution < -0.4 is 0 Å². The van der Waals surface area contributed by atoms with Crippen LogP contribution in [-0.2, 0) is 0 Å². The van der Waals surface area contributed by atoms with Gasteiger partial charge in [-0.3, -0.25) is 9.88 Å². The van der Waals surface area contributed by atoms with Crippen molar-refractivity contribution in [3.05, 3.63) is 24.0 Å². The predicted molar refractivity (Wildman–Crippen MR) is 68.1 cm³/mol. The molecule has 4 nitrogen and oxygen atoms in total. The van der Waals surface area contributed by atoms with Crippen LogP contribution in [0, 0.1) is 11.8 Å². The van der Waals surface area contributed by atoms with Gasteiger partial charge in [-0.15, -0.1) is 0 Å². The number of hydrogen-bond acceptors (Lipinski definition) is 4. The van der Waals surface area contributed by atoms with Crippen molar-refractivity contribution in [3.63, 3.8) is 0 Å². The fourth-order valence-corrected chi connectivity index (χ4v) is 3.41. The summed E-state index contributed by atoms with van der Waals surface area (Å²) in [5.41, 5.74) is 0.643. The molecular weight excluding hydrogens is 228 g/mol. The molecule has 0 amide bonds. The van der Waals surface area contributed by atoms with E-state index in [0.29, 0.717) is 12.2 Å². The topological polar surface area (TPSA) is 56.6 Å². The highest BCUT2D eigenvalue weighted by Gasteiger charge is 2.36. The number of likely N-dealkylation sites (tertiary alicyclic amines) is 1. The van der Waals surface area contributed by atoms with Crippen molar-refractivity contribution < 1.29 is 10.2 Å². The minimum absolute atomic E-state index is 0.140. The van der Waals surface area contributed by atoms with E-state index in [9.17, 15) is 10.2 Å². The molecule has 1 aromatic heterocycles. The highest BCUT2D eigenvalue weighted by atomic mass is 16.3. The molecule has 98 valence electrons. The molecular formula is C14H20N2O2. The van der Waals surface area contributed by atoms with Gasteiger partial charge in [-0.25, -0.2) is 0 Å². The number of fused-ring (bicyclic) bond motifs is 1. The van der Waals surface area contributed by atoms with E-state index in [2.05, 4.69) is 9.88 Å². The van der Waals surface area contributed by atoms with Crippen molar-refractivity contribution >= 4 is 0 Å². The molecule has 18 heavy (non-hydrogen) atoms. The Kier molecular flexibility index (Phi) is 3.22. The van der Waals surface area contributed by atoms with Gasteiger partial charge in [0.05, 0.1) is 11.9 Å². The number of aliphatic hydroxyl groups excluding tert-OH is 1. The minimum atomic E-state index is -0.551. The molecule has 2 N–H and O–H groups in total. The molecule has 1 aliphatic carbocycles. The Hall–Kier alpha value is -1.13. The third kappa shape index (κ3) is 2.35. The molecule has 2 heterocycles. The second-order valence-electron chi connectivity index (χ2n) is 5.63. The number of rotatable bonds is 3. The Balaban J connectivity index is 1.58. The van der Waals surface area contributed by atoms with Gasteiger partial charge in [-0.05, 0) is 36.8 Å². The fraction of sp³-hybridized carbons (Fsp3) is 0.643. The summed E-state index contributed by atoms with van der Waals surface area (Å²) in [6.07, 6.45) is 4.93. The summed E-state index contributed by atoms with van der Waals surface area (Å²) in [5.74, 6) is 1.84. The van der Waals surface area contributed by atoms with E-state index >= 15 is 0 Å². The summed E-state index contributed by atoms with van der Waals surface area (Å²) >= 11 is 0. The third-order valence-corrected chi connectivity index (χ3v) is 4.35. The van der Waals surface area contributed by atoms with Gasteiger partial charge >= 0.3 is 0 Å². The van der Waals surface area contributed by atoms with Crippen LogP contribution in [0.15, 0.2) is 18.3 Å². The summed E-state index contributed by atoms with van der Waals surface area (Å²) < 4.78 is 0. The zero-order valence-electron chi connectivity index (χ0n) is 10.5. The fourth-order valence-electron chi connectivity index (χ4n) is 3.41. The molecule has 1 aromatic rings. The van der Waals surface area contributed by atoms with Crippen LogP contribution in [0.3, 0.4) is 0 Å². The van der Waals surface area contributed by atoms with Gasteiger partial charge in [0.1, 0.15) is 11.9 Å². The lowest BCUT2D eigenvalue weighted by atomic mass is 10.0. The molecule has 1 saturated heterocycles. The molecule has 2 fully saturated rings. The molecule has 0 radical (unpaired) electrons. The smallest absolute Gasteiger partial charge is 0.133 e. The van der Waals surface area contributed by atoms with E-state index in [0.717, 1.165) is 24.9 Å². The first kappa shape index (κ1) is 11.9. The number of pyridine rings is 1. The highest BCUT2D eigenvalue weighted by Crippen LogP contribution is 2.38. The van der Waals surface area contributed by atoms with E-state index in [1.165, 1.54) is 25.5 Å². The molecule has 1 aliphatic heterocycles. The molecule has 3 rings (SSSR count). The Morgan fingerprint density at radius 3 is 2.61 bits per heavy atom. The van der Waals surface area contributed by atoms with Crippen molar-refractivity contribution in [1.29, 1.82) is 0 Å². The van der Waals surface area contributed by atoms with E-state index < -0.39 is 6.10 Å². The molecule has 1 saturated carbocycles. The van der Waals surface area contributed by atoms with Crippen molar-refractivity contribution in [2.45, 2.75) is 25.4 Å². The number of aromatic nitrogens is 1.